The smallest absolute Gasteiger partial charge is 0.161 e. The Bertz CT molecular complexity index is 1150. The van der Waals surface area contributed by atoms with Crippen LogP contribution in [0.25, 0.3) is 11.6 Å². The molecule has 0 radical (unpaired) electrons. The minimum Gasteiger partial charge on any atom is -0.493 e. The standard InChI is InChI=1S/C23H15Cl4NO2/c1-29-23-9-14(8-16(12-28)19-6-5-18(25)11-21(19)27)2-7-22(23)30-13-15-3-4-17(24)10-20(15)26/h2-11H,13H2,1H3. The number of benzene rings is 3. The molecular weight excluding hydrogens is 464 g/mol. The molecule has 0 fully saturated rings. The van der Waals surface area contributed by atoms with Gasteiger partial charge in [0.1, 0.15) is 6.61 Å². The van der Waals surface area contributed by atoms with E-state index in [-0.39, 0.29) is 6.61 Å². The van der Waals surface area contributed by atoms with Gasteiger partial charge in [-0.2, -0.15) is 5.26 Å². The highest BCUT2D eigenvalue weighted by molar-refractivity contribution is 6.36. The second-order valence-electron chi connectivity index (χ2n) is 6.23. The summed E-state index contributed by atoms with van der Waals surface area (Å²) >= 11 is 24.3. The van der Waals surface area contributed by atoms with Gasteiger partial charge in [0, 0.05) is 26.2 Å². The summed E-state index contributed by atoms with van der Waals surface area (Å²) in [7, 11) is 1.55. The second kappa shape index (κ2) is 10.1. The summed E-state index contributed by atoms with van der Waals surface area (Å²) in [6.07, 6.45) is 1.72. The van der Waals surface area contributed by atoms with Gasteiger partial charge in [-0.1, -0.05) is 64.6 Å². The molecule has 0 aliphatic heterocycles. The van der Waals surface area contributed by atoms with Crippen LogP contribution in [0.15, 0.2) is 54.6 Å². The number of methoxy groups -OCH3 is 1. The zero-order chi connectivity index (χ0) is 21.7. The van der Waals surface area contributed by atoms with E-state index >= 15 is 0 Å². The maximum absolute atomic E-state index is 9.58. The van der Waals surface area contributed by atoms with E-state index in [1.165, 1.54) is 0 Å². The number of halogens is 4. The van der Waals surface area contributed by atoms with Gasteiger partial charge in [-0.25, -0.2) is 0 Å². The van der Waals surface area contributed by atoms with E-state index in [9.17, 15) is 5.26 Å². The highest BCUT2D eigenvalue weighted by atomic mass is 35.5. The molecule has 30 heavy (non-hydrogen) atoms. The number of hydrogen-bond donors (Lipinski definition) is 0. The van der Waals surface area contributed by atoms with Crippen LogP contribution >= 0.6 is 46.4 Å². The Kier molecular flexibility index (Phi) is 7.53. The van der Waals surface area contributed by atoms with Crippen LogP contribution in [-0.2, 0) is 6.61 Å². The van der Waals surface area contributed by atoms with Gasteiger partial charge in [0.05, 0.1) is 23.8 Å². The molecule has 0 aliphatic carbocycles. The van der Waals surface area contributed by atoms with Crippen molar-refractivity contribution in [2.75, 3.05) is 7.11 Å². The van der Waals surface area contributed by atoms with Crippen LogP contribution in [0, 0.1) is 11.3 Å². The molecule has 0 bridgehead atoms. The molecule has 152 valence electrons. The van der Waals surface area contributed by atoms with Crippen molar-refractivity contribution in [3.05, 3.63) is 91.4 Å². The molecule has 0 amide bonds. The lowest BCUT2D eigenvalue weighted by Gasteiger charge is -2.12. The Morgan fingerprint density at radius 3 is 2.23 bits per heavy atom. The molecule has 3 aromatic rings. The minimum absolute atomic E-state index is 0.255. The predicted octanol–water partition coefficient (Wildman–Crippen LogP) is 7.95. The van der Waals surface area contributed by atoms with Crippen LogP contribution in [0.2, 0.25) is 20.1 Å². The summed E-state index contributed by atoms with van der Waals surface area (Å²) in [6.45, 7) is 0.255. The molecule has 0 saturated carbocycles. The summed E-state index contributed by atoms with van der Waals surface area (Å²) in [4.78, 5) is 0. The lowest BCUT2D eigenvalue weighted by molar-refractivity contribution is 0.284. The first-order chi connectivity index (χ1) is 14.4. The zero-order valence-electron chi connectivity index (χ0n) is 15.8. The van der Waals surface area contributed by atoms with Crippen molar-refractivity contribution >= 4 is 58.1 Å². The zero-order valence-corrected chi connectivity index (χ0v) is 18.8. The lowest BCUT2D eigenvalue weighted by atomic mass is 10.0. The average molecular weight is 479 g/mol. The molecular formula is C23H15Cl4NO2. The summed E-state index contributed by atoms with van der Waals surface area (Å²) in [5.74, 6) is 1.07. The van der Waals surface area contributed by atoms with Gasteiger partial charge in [-0.3, -0.25) is 0 Å². The highest BCUT2D eigenvalue weighted by Gasteiger charge is 2.10. The SMILES string of the molecule is COc1cc(C=C(C#N)c2ccc(Cl)cc2Cl)ccc1OCc1ccc(Cl)cc1Cl. The van der Waals surface area contributed by atoms with Crippen LogP contribution in [0.4, 0.5) is 0 Å². The second-order valence-corrected chi connectivity index (χ2v) is 7.92. The Labute approximate surface area is 195 Å². The summed E-state index contributed by atoms with van der Waals surface area (Å²) < 4.78 is 11.3. The van der Waals surface area contributed by atoms with Gasteiger partial charge >= 0.3 is 0 Å². The maximum Gasteiger partial charge on any atom is 0.161 e. The molecule has 0 N–H and O–H groups in total. The number of ether oxygens (including phenoxy) is 2. The van der Waals surface area contributed by atoms with Crippen LogP contribution in [-0.4, -0.2) is 7.11 Å². The van der Waals surface area contributed by atoms with E-state index in [1.807, 2.05) is 12.1 Å². The normalized spacial score (nSPS) is 11.1. The average Bonchev–Trinajstić information content (AvgIpc) is 2.72. The maximum atomic E-state index is 9.58. The van der Waals surface area contributed by atoms with Crippen molar-refractivity contribution in [3.8, 4) is 17.6 Å². The van der Waals surface area contributed by atoms with Crippen LogP contribution < -0.4 is 9.47 Å². The Balaban J connectivity index is 1.85. The molecule has 0 saturated heterocycles. The van der Waals surface area contributed by atoms with Gasteiger partial charge < -0.3 is 9.47 Å². The van der Waals surface area contributed by atoms with Gasteiger partial charge in [0.2, 0.25) is 0 Å². The van der Waals surface area contributed by atoms with Crippen molar-refractivity contribution < 1.29 is 9.47 Å². The number of hydrogen-bond acceptors (Lipinski definition) is 3. The molecule has 0 heterocycles. The predicted molar refractivity (Wildman–Crippen MR) is 124 cm³/mol. The molecule has 7 heteroatoms. The summed E-state index contributed by atoms with van der Waals surface area (Å²) in [5.41, 5.74) is 2.56. The minimum atomic E-state index is 0.255. The fourth-order valence-corrected chi connectivity index (χ4v) is 3.71. The van der Waals surface area contributed by atoms with E-state index in [2.05, 4.69) is 6.07 Å². The topological polar surface area (TPSA) is 42.2 Å². The third-order valence-corrected chi connectivity index (χ3v) is 5.37. The fraction of sp³-hybridized carbons (Fsp3) is 0.0870. The molecule has 0 atom stereocenters. The number of nitrogens with zero attached hydrogens (tertiary/aromatic N) is 1. The van der Waals surface area contributed by atoms with Crippen molar-refractivity contribution in [2.45, 2.75) is 6.61 Å². The number of nitriles is 1. The van der Waals surface area contributed by atoms with Crippen LogP contribution in [0.3, 0.4) is 0 Å². The van der Waals surface area contributed by atoms with E-state index in [4.69, 9.17) is 55.9 Å². The molecule has 0 aliphatic rings. The van der Waals surface area contributed by atoms with Crippen LogP contribution in [0.5, 0.6) is 11.5 Å². The van der Waals surface area contributed by atoms with E-state index in [1.54, 1.807) is 55.7 Å². The number of allylic oxidation sites excluding steroid dienone is 1. The largest absolute Gasteiger partial charge is 0.493 e. The van der Waals surface area contributed by atoms with E-state index < -0.39 is 0 Å². The van der Waals surface area contributed by atoms with Crippen LogP contribution in [0.1, 0.15) is 16.7 Å². The van der Waals surface area contributed by atoms with Gasteiger partial charge in [0.25, 0.3) is 0 Å². The van der Waals surface area contributed by atoms with Gasteiger partial charge in [0.15, 0.2) is 11.5 Å². The summed E-state index contributed by atoms with van der Waals surface area (Å²) in [5, 5.41) is 11.6. The molecule has 0 unspecified atom stereocenters. The molecule has 3 rings (SSSR count). The van der Waals surface area contributed by atoms with E-state index in [0.29, 0.717) is 42.7 Å². The molecule has 3 nitrogen and oxygen atoms in total. The fourth-order valence-electron chi connectivity index (χ4n) is 2.73. The quantitative estimate of drug-likeness (QED) is 0.266. The molecule has 3 aromatic carbocycles. The first kappa shape index (κ1) is 22.3. The Morgan fingerprint density at radius 2 is 1.60 bits per heavy atom. The third-order valence-electron chi connectivity index (χ3n) is 4.24. The van der Waals surface area contributed by atoms with Crippen molar-refractivity contribution in [3.63, 3.8) is 0 Å². The molecule has 0 aromatic heterocycles. The monoisotopic (exact) mass is 477 g/mol. The Hall–Kier alpha value is -2.35. The first-order valence-corrected chi connectivity index (χ1v) is 10.2. The van der Waals surface area contributed by atoms with Crippen molar-refractivity contribution in [2.24, 2.45) is 0 Å². The first-order valence-electron chi connectivity index (χ1n) is 8.73. The van der Waals surface area contributed by atoms with Gasteiger partial charge in [-0.05, 0) is 48.0 Å². The van der Waals surface area contributed by atoms with Crippen molar-refractivity contribution in [1.82, 2.24) is 0 Å². The number of rotatable bonds is 6. The van der Waals surface area contributed by atoms with Gasteiger partial charge in [-0.15, -0.1) is 0 Å². The lowest BCUT2D eigenvalue weighted by Crippen LogP contribution is -1.98. The Morgan fingerprint density at radius 1 is 0.900 bits per heavy atom. The summed E-state index contributed by atoms with van der Waals surface area (Å²) in [6, 6.07) is 17.8. The van der Waals surface area contributed by atoms with E-state index in [0.717, 1.165) is 11.1 Å². The molecule has 0 spiro atoms. The third kappa shape index (κ3) is 5.41. The van der Waals surface area contributed by atoms with Crippen molar-refractivity contribution in [1.29, 1.82) is 5.26 Å². The highest BCUT2D eigenvalue weighted by Crippen LogP contribution is 2.33.